The number of halogens is 1. The van der Waals surface area contributed by atoms with Crippen LogP contribution in [0.25, 0.3) is 0 Å². The van der Waals surface area contributed by atoms with Crippen LogP contribution in [0.5, 0.6) is 5.75 Å². The van der Waals surface area contributed by atoms with E-state index in [1.54, 1.807) is 55.6 Å². The summed E-state index contributed by atoms with van der Waals surface area (Å²) in [5.74, 6) is -0.186. The molecule has 42 heavy (non-hydrogen) atoms. The first-order valence-electron chi connectivity index (χ1n) is 13.8. The molecule has 0 radical (unpaired) electrons. The minimum Gasteiger partial charge on any atom is -0.497 e. The smallest absolute Gasteiger partial charge is 0.321 e. The fraction of sp³-hybridized carbons (Fsp3) is 0.323. The Kier molecular flexibility index (Phi) is 7.75. The van der Waals surface area contributed by atoms with E-state index in [2.05, 4.69) is 21.2 Å². The maximum absolute atomic E-state index is 13.4. The molecule has 10 nitrogen and oxygen atoms in total. The zero-order valence-corrected chi connectivity index (χ0v) is 24.5. The number of urea groups is 1. The van der Waals surface area contributed by atoms with Crippen molar-refractivity contribution in [1.29, 1.82) is 0 Å². The lowest BCUT2D eigenvalue weighted by Gasteiger charge is -2.59. The molecule has 4 amide bonds. The summed E-state index contributed by atoms with van der Waals surface area (Å²) in [5.41, 5.74) is 2.31. The van der Waals surface area contributed by atoms with Gasteiger partial charge in [-0.05, 0) is 54.1 Å². The van der Waals surface area contributed by atoms with Gasteiger partial charge in [-0.15, -0.1) is 0 Å². The molecule has 0 aliphatic carbocycles. The largest absolute Gasteiger partial charge is 0.497 e. The van der Waals surface area contributed by atoms with Crippen LogP contribution in [0.15, 0.2) is 77.3 Å². The number of nitrogens with one attached hydrogen (secondary N) is 1. The molecule has 3 aromatic rings. The SMILES string of the molecule is COc1ccc(NC(=O)N2CC(O)C(O)CN3C(C2)C(c2ccc(Br)cc2)[C@H]3CN2C(=O)c3ccccc3C2=O)cc1. The fourth-order valence-corrected chi connectivity index (χ4v) is 6.53. The monoisotopic (exact) mass is 634 g/mol. The van der Waals surface area contributed by atoms with Crippen molar-refractivity contribution in [3.63, 3.8) is 0 Å². The van der Waals surface area contributed by atoms with E-state index in [1.165, 1.54) is 9.80 Å². The van der Waals surface area contributed by atoms with Crippen LogP contribution in [0.1, 0.15) is 32.2 Å². The molecule has 0 aromatic heterocycles. The number of hydrogen-bond donors (Lipinski definition) is 3. The second-order valence-corrected chi connectivity index (χ2v) is 11.8. The number of aliphatic hydroxyl groups is 2. The van der Waals surface area contributed by atoms with Gasteiger partial charge in [0.15, 0.2) is 0 Å². The molecule has 6 rings (SSSR count). The molecular formula is C31H31BrN4O6. The third kappa shape index (κ3) is 5.17. The fourth-order valence-electron chi connectivity index (χ4n) is 6.27. The Bertz CT molecular complexity index is 1470. The second-order valence-electron chi connectivity index (χ2n) is 10.9. The first kappa shape index (κ1) is 28.4. The Balaban J connectivity index is 1.29. The number of nitrogens with zero attached hydrogens (tertiary/aromatic N) is 3. The zero-order valence-electron chi connectivity index (χ0n) is 22.9. The van der Waals surface area contributed by atoms with Crippen molar-refractivity contribution in [2.24, 2.45) is 0 Å². The average molecular weight is 636 g/mol. The van der Waals surface area contributed by atoms with Gasteiger partial charge in [0.2, 0.25) is 0 Å². The Hall–Kier alpha value is -3.77. The van der Waals surface area contributed by atoms with Crippen LogP contribution in [-0.2, 0) is 0 Å². The highest BCUT2D eigenvalue weighted by Gasteiger charge is 2.53. The first-order valence-corrected chi connectivity index (χ1v) is 14.6. The summed E-state index contributed by atoms with van der Waals surface area (Å²) in [7, 11) is 1.56. The summed E-state index contributed by atoms with van der Waals surface area (Å²) >= 11 is 3.49. The number of carbonyl (C=O) groups is 3. The van der Waals surface area contributed by atoms with Gasteiger partial charge in [-0.2, -0.15) is 0 Å². The molecule has 3 heterocycles. The summed E-state index contributed by atoms with van der Waals surface area (Å²) in [6.45, 7) is 0.472. The molecule has 2 saturated heterocycles. The number of amides is 4. The van der Waals surface area contributed by atoms with Crippen molar-refractivity contribution in [1.82, 2.24) is 14.7 Å². The number of rotatable bonds is 5. The number of β-amino-alcohol motifs (C(OH)–C–C–N with tert-alkyl or cyclic N) is 1. The molecule has 5 atom stereocenters. The molecule has 11 heteroatoms. The lowest BCUT2D eigenvalue weighted by atomic mass is 9.73. The standard InChI is InChI=1S/C31H31BrN4O6/c1-42-21-12-10-20(11-13-21)33-31(41)34-14-24-28(18-6-8-19(32)9-7-18)25(35(24)17-27(38)26(37)16-34)15-36-29(39)22-4-2-3-5-23(22)30(36)40/h2-13,24-28,37-38H,14-17H2,1H3,(H,33,41)/t24?,25-,26?,27?,28?/m1/s1. The summed E-state index contributed by atoms with van der Waals surface area (Å²) < 4.78 is 6.11. The first-order chi connectivity index (χ1) is 20.2. The Morgan fingerprint density at radius 3 is 2.14 bits per heavy atom. The quantitative estimate of drug-likeness (QED) is 0.369. The van der Waals surface area contributed by atoms with Gasteiger partial charge in [0.05, 0.1) is 37.0 Å². The van der Waals surface area contributed by atoms with E-state index >= 15 is 0 Å². The second kappa shape index (κ2) is 11.5. The Morgan fingerprint density at radius 1 is 0.905 bits per heavy atom. The molecule has 3 aromatic carbocycles. The molecule has 218 valence electrons. The van der Waals surface area contributed by atoms with Crippen LogP contribution in [0.4, 0.5) is 10.5 Å². The van der Waals surface area contributed by atoms with Gasteiger partial charge in [-0.3, -0.25) is 19.4 Å². The highest BCUT2D eigenvalue weighted by molar-refractivity contribution is 9.10. The molecular weight excluding hydrogens is 604 g/mol. The maximum atomic E-state index is 13.4. The van der Waals surface area contributed by atoms with Crippen LogP contribution >= 0.6 is 15.9 Å². The molecule has 3 aliphatic heterocycles. The molecule has 0 saturated carbocycles. The number of fused-ring (bicyclic) bond motifs is 2. The number of carbonyl (C=O) groups excluding carboxylic acids is 3. The minimum absolute atomic E-state index is 0.0520. The van der Waals surface area contributed by atoms with Gasteiger partial charge >= 0.3 is 6.03 Å². The van der Waals surface area contributed by atoms with Crippen LogP contribution in [0.3, 0.4) is 0 Å². The van der Waals surface area contributed by atoms with Crippen LogP contribution in [0, 0.1) is 0 Å². The van der Waals surface area contributed by atoms with Crippen molar-refractivity contribution in [2.45, 2.75) is 30.2 Å². The predicted octanol–water partition coefficient (Wildman–Crippen LogP) is 3.16. The van der Waals surface area contributed by atoms with Crippen LogP contribution in [-0.4, -0.2) is 100 Å². The predicted molar refractivity (Wildman–Crippen MR) is 159 cm³/mol. The summed E-state index contributed by atoms with van der Waals surface area (Å²) in [6, 6.07) is 20.6. The zero-order chi connectivity index (χ0) is 29.5. The van der Waals surface area contributed by atoms with Crippen molar-refractivity contribution in [2.75, 3.05) is 38.6 Å². The number of anilines is 1. The lowest BCUT2D eigenvalue weighted by Crippen LogP contribution is -2.72. The molecule has 4 unspecified atom stereocenters. The normalized spacial score (nSPS) is 25.7. The maximum Gasteiger partial charge on any atom is 0.321 e. The molecule has 0 spiro atoms. The number of ether oxygens (including phenoxy) is 1. The number of aliphatic hydroxyl groups excluding tert-OH is 2. The van der Waals surface area contributed by atoms with Gasteiger partial charge in [-0.25, -0.2) is 4.79 Å². The van der Waals surface area contributed by atoms with E-state index in [0.717, 1.165) is 10.0 Å². The van der Waals surface area contributed by atoms with Crippen molar-refractivity contribution in [3.05, 3.63) is 94.0 Å². The molecule has 0 bridgehead atoms. The highest BCUT2D eigenvalue weighted by Crippen LogP contribution is 2.43. The molecule has 3 aliphatic rings. The van der Waals surface area contributed by atoms with Crippen LogP contribution < -0.4 is 10.1 Å². The van der Waals surface area contributed by atoms with E-state index in [1.807, 2.05) is 29.2 Å². The number of benzene rings is 3. The van der Waals surface area contributed by atoms with Crippen molar-refractivity contribution in [3.8, 4) is 5.75 Å². The minimum atomic E-state index is -1.18. The number of hydrogen-bond acceptors (Lipinski definition) is 7. The summed E-state index contributed by atoms with van der Waals surface area (Å²) in [5, 5.41) is 24.6. The van der Waals surface area contributed by atoms with E-state index in [9.17, 15) is 24.6 Å². The summed E-state index contributed by atoms with van der Waals surface area (Å²) in [4.78, 5) is 44.7. The number of imide groups is 1. The van der Waals surface area contributed by atoms with E-state index in [-0.39, 0.29) is 56.0 Å². The van der Waals surface area contributed by atoms with Gasteiger partial charge in [0, 0.05) is 47.8 Å². The number of methoxy groups -OCH3 is 1. The Labute approximate surface area is 251 Å². The van der Waals surface area contributed by atoms with Gasteiger partial charge in [0.25, 0.3) is 11.8 Å². The van der Waals surface area contributed by atoms with E-state index < -0.39 is 18.2 Å². The third-order valence-electron chi connectivity index (χ3n) is 8.47. The van der Waals surface area contributed by atoms with Crippen LogP contribution in [0.2, 0.25) is 0 Å². The third-order valence-corrected chi connectivity index (χ3v) is 9.00. The summed E-state index contributed by atoms with van der Waals surface area (Å²) in [6.07, 6.45) is -2.32. The lowest BCUT2D eigenvalue weighted by molar-refractivity contribution is -0.104. The van der Waals surface area contributed by atoms with E-state index in [0.29, 0.717) is 22.6 Å². The van der Waals surface area contributed by atoms with E-state index in [4.69, 9.17) is 4.74 Å². The van der Waals surface area contributed by atoms with Gasteiger partial charge < -0.3 is 25.2 Å². The molecule has 2 fully saturated rings. The molecule has 3 N–H and O–H groups in total. The van der Waals surface area contributed by atoms with Gasteiger partial charge in [0.1, 0.15) is 5.75 Å². The Morgan fingerprint density at radius 2 is 1.52 bits per heavy atom. The van der Waals surface area contributed by atoms with Crippen molar-refractivity contribution < 1.29 is 29.3 Å². The average Bonchev–Trinajstić information content (AvgIpc) is 3.23. The highest BCUT2D eigenvalue weighted by atomic mass is 79.9. The van der Waals surface area contributed by atoms with Crippen molar-refractivity contribution >= 4 is 39.5 Å². The topological polar surface area (TPSA) is 123 Å². The van der Waals surface area contributed by atoms with Gasteiger partial charge in [-0.1, -0.05) is 40.2 Å².